The van der Waals surface area contributed by atoms with Gasteiger partial charge in [-0.15, -0.1) is 0 Å². The monoisotopic (exact) mass is 230 g/mol. The highest BCUT2D eigenvalue weighted by molar-refractivity contribution is 5.89. The Morgan fingerprint density at radius 3 is 2.71 bits per heavy atom. The van der Waals surface area contributed by atoms with E-state index in [-0.39, 0.29) is 5.84 Å². The quantitative estimate of drug-likeness (QED) is 0.368. The van der Waals surface area contributed by atoms with Gasteiger partial charge in [-0.2, -0.15) is 0 Å². The Morgan fingerprint density at radius 1 is 1.24 bits per heavy atom. The second-order valence-electron chi connectivity index (χ2n) is 3.76. The van der Waals surface area contributed by atoms with E-state index in [1.54, 1.807) is 6.92 Å². The van der Waals surface area contributed by atoms with E-state index >= 15 is 0 Å². The van der Waals surface area contributed by atoms with Gasteiger partial charge >= 0.3 is 0 Å². The van der Waals surface area contributed by atoms with Gasteiger partial charge in [-0.25, -0.2) is 0 Å². The fourth-order valence-electron chi connectivity index (χ4n) is 1.63. The molecule has 17 heavy (non-hydrogen) atoms. The molecule has 88 valence electrons. The minimum atomic E-state index is -0.467. The molecule has 2 rings (SSSR count). The van der Waals surface area contributed by atoms with Crippen LogP contribution < -0.4 is 10.5 Å². The predicted octanol–water partition coefficient (Wildman–Crippen LogP) is 2.35. The summed E-state index contributed by atoms with van der Waals surface area (Å²) in [4.78, 5) is 0. The lowest BCUT2D eigenvalue weighted by atomic mass is 10.1. The number of oxime groups is 1. The third-order valence-electron chi connectivity index (χ3n) is 2.59. The number of hydrogen-bond donors (Lipinski definition) is 2. The Bertz CT molecular complexity index is 547. The molecule has 2 aromatic carbocycles. The molecule has 0 spiro atoms. The number of benzene rings is 2. The lowest BCUT2D eigenvalue weighted by Gasteiger charge is -2.14. The van der Waals surface area contributed by atoms with Gasteiger partial charge in [-0.05, 0) is 18.4 Å². The van der Waals surface area contributed by atoms with Gasteiger partial charge in [0.1, 0.15) is 5.75 Å². The van der Waals surface area contributed by atoms with E-state index < -0.39 is 6.10 Å². The van der Waals surface area contributed by atoms with E-state index in [0.717, 1.165) is 16.5 Å². The minimum absolute atomic E-state index is 0.0536. The largest absolute Gasteiger partial charge is 0.482 e. The van der Waals surface area contributed by atoms with E-state index in [2.05, 4.69) is 5.16 Å². The van der Waals surface area contributed by atoms with Crippen LogP contribution in [0.1, 0.15) is 6.92 Å². The molecule has 0 radical (unpaired) electrons. The van der Waals surface area contributed by atoms with Crippen molar-refractivity contribution in [1.82, 2.24) is 0 Å². The molecule has 0 saturated carbocycles. The van der Waals surface area contributed by atoms with Crippen LogP contribution in [-0.4, -0.2) is 17.1 Å². The lowest BCUT2D eigenvalue weighted by Crippen LogP contribution is -2.31. The summed E-state index contributed by atoms with van der Waals surface area (Å²) in [5.41, 5.74) is 5.48. The van der Waals surface area contributed by atoms with E-state index in [0.29, 0.717) is 0 Å². The van der Waals surface area contributed by atoms with E-state index in [9.17, 15) is 0 Å². The van der Waals surface area contributed by atoms with Crippen molar-refractivity contribution in [2.45, 2.75) is 13.0 Å². The van der Waals surface area contributed by atoms with Gasteiger partial charge in [0.2, 0.25) is 0 Å². The third kappa shape index (κ3) is 2.30. The van der Waals surface area contributed by atoms with Gasteiger partial charge in [-0.3, -0.25) is 0 Å². The first kappa shape index (κ1) is 11.3. The molecule has 0 unspecified atom stereocenters. The van der Waals surface area contributed by atoms with Crippen LogP contribution in [0.15, 0.2) is 47.6 Å². The Kier molecular flexibility index (Phi) is 3.14. The number of nitrogens with two attached hydrogens (primary N) is 1. The maximum Gasteiger partial charge on any atom is 0.180 e. The third-order valence-corrected chi connectivity index (χ3v) is 2.59. The highest BCUT2D eigenvalue weighted by Gasteiger charge is 2.10. The van der Waals surface area contributed by atoms with Crippen LogP contribution in [-0.2, 0) is 0 Å². The first-order chi connectivity index (χ1) is 8.22. The molecule has 0 saturated heterocycles. The maximum absolute atomic E-state index is 8.58. The molecule has 4 nitrogen and oxygen atoms in total. The Morgan fingerprint density at radius 2 is 1.94 bits per heavy atom. The van der Waals surface area contributed by atoms with Crippen LogP contribution in [0.25, 0.3) is 10.8 Å². The molecule has 0 bridgehead atoms. The minimum Gasteiger partial charge on any atom is -0.482 e. The number of fused-ring (bicyclic) bond motifs is 1. The smallest absolute Gasteiger partial charge is 0.180 e. The summed E-state index contributed by atoms with van der Waals surface area (Å²) in [6.45, 7) is 1.73. The van der Waals surface area contributed by atoms with Gasteiger partial charge < -0.3 is 15.7 Å². The van der Waals surface area contributed by atoms with E-state index in [1.165, 1.54) is 0 Å². The standard InChI is InChI=1S/C13H14N2O2/c1-9(13(14)15-16)17-12-8-4-6-10-5-2-3-7-11(10)12/h2-9,16H,1H3,(H2,14,15)/t9-/m0/s1. The first-order valence-electron chi connectivity index (χ1n) is 5.34. The van der Waals surface area contributed by atoms with Crippen molar-refractivity contribution in [2.24, 2.45) is 10.9 Å². The fourth-order valence-corrected chi connectivity index (χ4v) is 1.63. The van der Waals surface area contributed by atoms with Crippen LogP contribution in [0.2, 0.25) is 0 Å². The molecule has 2 aromatic rings. The summed E-state index contributed by atoms with van der Waals surface area (Å²) in [6.07, 6.45) is -0.467. The van der Waals surface area contributed by atoms with Crippen molar-refractivity contribution in [2.75, 3.05) is 0 Å². The summed E-state index contributed by atoms with van der Waals surface area (Å²) >= 11 is 0. The molecular formula is C13H14N2O2. The molecule has 3 N–H and O–H groups in total. The topological polar surface area (TPSA) is 67.8 Å². The second-order valence-corrected chi connectivity index (χ2v) is 3.76. The second kappa shape index (κ2) is 4.74. The maximum atomic E-state index is 8.58. The van der Waals surface area contributed by atoms with Crippen LogP contribution in [0, 0.1) is 0 Å². The molecule has 0 heterocycles. The van der Waals surface area contributed by atoms with Crippen molar-refractivity contribution in [3.05, 3.63) is 42.5 Å². The summed E-state index contributed by atoms with van der Waals surface area (Å²) in [6, 6.07) is 13.7. The zero-order valence-corrected chi connectivity index (χ0v) is 9.50. The van der Waals surface area contributed by atoms with Crippen LogP contribution in [0.5, 0.6) is 5.75 Å². The SMILES string of the molecule is C[C@H](Oc1cccc2ccccc12)/C(N)=N\O. The molecule has 0 aromatic heterocycles. The van der Waals surface area contributed by atoms with Gasteiger partial charge in [-0.1, -0.05) is 41.6 Å². The van der Waals surface area contributed by atoms with Crippen LogP contribution >= 0.6 is 0 Å². The number of nitrogens with zero attached hydrogens (tertiary/aromatic N) is 1. The molecule has 0 aliphatic carbocycles. The average Bonchev–Trinajstić information content (AvgIpc) is 2.38. The van der Waals surface area contributed by atoms with Crippen molar-refractivity contribution in [1.29, 1.82) is 0 Å². The highest BCUT2D eigenvalue weighted by Crippen LogP contribution is 2.25. The zero-order valence-electron chi connectivity index (χ0n) is 9.50. The number of ether oxygens (including phenoxy) is 1. The average molecular weight is 230 g/mol. The van der Waals surface area contributed by atoms with Gasteiger partial charge in [0.15, 0.2) is 11.9 Å². The van der Waals surface area contributed by atoms with E-state index in [4.69, 9.17) is 15.7 Å². The molecule has 0 aliphatic heterocycles. The van der Waals surface area contributed by atoms with Crippen LogP contribution in [0.3, 0.4) is 0 Å². The summed E-state index contributed by atoms with van der Waals surface area (Å²) in [5.74, 6) is 0.778. The summed E-state index contributed by atoms with van der Waals surface area (Å²) in [5, 5.41) is 13.6. The van der Waals surface area contributed by atoms with Crippen LogP contribution in [0.4, 0.5) is 0 Å². The van der Waals surface area contributed by atoms with Crippen molar-refractivity contribution in [3.63, 3.8) is 0 Å². The number of rotatable bonds is 3. The van der Waals surface area contributed by atoms with Crippen molar-refractivity contribution in [3.8, 4) is 5.75 Å². The molecular weight excluding hydrogens is 216 g/mol. The highest BCUT2D eigenvalue weighted by atomic mass is 16.5. The van der Waals surface area contributed by atoms with E-state index in [1.807, 2.05) is 42.5 Å². The van der Waals surface area contributed by atoms with Gasteiger partial charge in [0.05, 0.1) is 0 Å². The van der Waals surface area contributed by atoms with Crippen molar-refractivity contribution < 1.29 is 9.94 Å². The normalized spacial score (nSPS) is 13.6. The zero-order chi connectivity index (χ0) is 12.3. The van der Waals surface area contributed by atoms with Gasteiger partial charge in [0.25, 0.3) is 0 Å². The molecule has 0 fully saturated rings. The Hall–Kier alpha value is -2.23. The predicted molar refractivity (Wildman–Crippen MR) is 67.4 cm³/mol. The number of hydrogen-bond acceptors (Lipinski definition) is 3. The first-order valence-corrected chi connectivity index (χ1v) is 5.34. The van der Waals surface area contributed by atoms with Crippen molar-refractivity contribution >= 4 is 16.6 Å². The molecule has 4 heteroatoms. The molecule has 0 amide bonds. The molecule has 1 atom stereocenters. The Balaban J connectivity index is 2.36. The fraction of sp³-hybridized carbons (Fsp3) is 0.154. The Labute approximate surface area is 99.3 Å². The summed E-state index contributed by atoms with van der Waals surface area (Å²) in [7, 11) is 0. The summed E-state index contributed by atoms with van der Waals surface area (Å²) < 4.78 is 5.66. The van der Waals surface area contributed by atoms with Gasteiger partial charge in [0, 0.05) is 5.39 Å². The molecule has 0 aliphatic rings. The lowest BCUT2D eigenvalue weighted by molar-refractivity contribution is 0.268. The number of amidine groups is 1.